The van der Waals surface area contributed by atoms with E-state index in [1.54, 1.807) is 25.3 Å². The van der Waals surface area contributed by atoms with Gasteiger partial charge in [-0.3, -0.25) is 9.59 Å². The summed E-state index contributed by atoms with van der Waals surface area (Å²) in [6, 6.07) is 5.27. The van der Waals surface area contributed by atoms with E-state index in [1.807, 2.05) is 0 Å². The molecule has 1 aromatic rings. The van der Waals surface area contributed by atoms with Crippen LogP contribution in [0.2, 0.25) is 0 Å². The second-order valence-corrected chi connectivity index (χ2v) is 6.45. The van der Waals surface area contributed by atoms with Gasteiger partial charge in [0.05, 0.1) is 12.8 Å². The minimum absolute atomic E-state index is 0.0749. The molecule has 0 bridgehead atoms. The molecule has 6 heteroatoms. The van der Waals surface area contributed by atoms with Crippen molar-refractivity contribution in [3.8, 4) is 5.75 Å². The Labute approximate surface area is 136 Å². The normalized spacial score (nSPS) is 21.6. The van der Waals surface area contributed by atoms with Crippen LogP contribution in [-0.4, -0.2) is 32.0 Å². The molecule has 3 N–H and O–H groups in total. The number of carbonyl (C=O) groups is 2. The molecule has 6 nitrogen and oxygen atoms in total. The summed E-state index contributed by atoms with van der Waals surface area (Å²) in [5, 5.41) is 9.03. The maximum absolute atomic E-state index is 12.5. The first-order valence-electron chi connectivity index (χ1n) is 8.01. The smallest absolute Gasteiger partial charge is 0.228 e. The van der Waals surface area contributed by atoms with Crippen LogP contribution in [0.5, 0.6) is 5.75 Å². The second-order valence-electron chi connectivity index (χ2n) is 6.45. The summed E-state index contributed by atoms with van der Waals surface area (Å²) in [7, 11) is 1.55. The van der Waals surface area contributed by atoms with Crippen LogP contribution < -0.4 is 20.7 Å². The van der Waals surface area contributed by atoms with Crippen molar-refractivity contribution in [2.24, 2.45) is 11.3 Å². The molecular formula is C17H23N3O3. The second kappa shape index (κ2) is 6.20. The summed E-state index contributed by atoms with van der Waals surface area (Å²) in [4.78, 5) is 23.8. The molecule has 2 aliphatic rings. The Bertz CT molecular complexity index is 624. The molecule has 1 aliphatic heterocycles. The van der Waals surface area contributed by atoms with Gasteiger partial charge in [-0.1, -0.05) is 0 Å². The molecule has 1 unspecified atom stereocenters. The van der Waals surface area contributed by atoms with E-state index in [0.29, 0.717) is 17.1 Å². The molecule has 1 aromatic carbocycles. The Morgan fingerprint density at radius 2 is 2.00 bits per heavy atom. The van der Waals surface area contributed by atoms with E-state index >= 15 is 0 Å². The van der Waals surface area contributed by atoms with E-state index in [0.717, 1.165) is 32.4 Å². The largest absolute Gasteiger partial charge is 0.495 e. The standard InChI is InChI=1S/C17H23N3O3/c1-11(21)19-14-9-12(3-4-15(14)23-2)20-16(22)13-10-17(13)5-7-18-8-6-17/h3-4,9,13,18H,5-8,10H2,1-2H3,(H,19,21)(H,20,22). The Kier molecular flexibility index (Phi) is 4.26. The highest BCUT2D eigenvalue weighted by molar-refractivity contribution is 5.97. The van der Waals surface area contributed by atoms with Gasteiger partial charge in [0.2, 0.25) is 11.8 Å². The van der Waals surface area contributed by atoms with Crippen molar-refractivity contribution in [3.63, 3.8) is 0 Å². The van der Waals surface area contributed by atoms with Gasteiger partial charge in [0, 0.05) is 18.5 Å². The van der Waals surface area contributed by atoms with E-state index in [9.17, 15) is 9.59 Å². The summed E-state index contributed by atoms with van der Waals surface area (Å²) in [6.07, 6.45) is 3.13. The van der Waals surface area contributed by atoms with Gasteiger partial charge in [0.25, 0.3) is 0 Å². The lowest BCUT2D eigenvalue weighted by Gasteiger charge is -2.23. The Morgan fingerprint density at radius 1 is 1.26 bits per heavy atom. The molecule has 1 saturated heterocycles. The van der Waals surface area contributed by atoms with E-state index in [1.165, 1.54) is 6.92 Å². The van der Waals surface area contributed by atoms with Crippen molar-refractivity contribution in [2.75, 3.05) is 30.8 Å². The fourth-order valence-corrected chi connectivity index (χ4v) is 3.50. The molecule has 2 fully saturated rings. The molecule has 1 aliphatic carbocycles. The first-order chi connectivity index (χ1) is 11.0. The third kappa shape index (κ3) is 3.32. The summed E-state index contributed by atoms with van der Waals surface area (Å²) in [5.41, 5.74) is 1.45. The third-order valence-electron chi connectivity index (χ3n) is 4.88. The van der Waals surface area contributed by atoms with E-state index in [4.69, 9.17) is 4.74 Å². The fourth-order valence-electron chi connectivity index (χ4n) is 3.50. The molecule has 1 atom stereocenters. The van der Waals surface area contributed by atoms with E-state index in [-0.39, 0.29) is 23.1 Å². The molecule has 23 heavy (non-hydrogen) atoms. The minimum Gasteiger partial charge on any atom is -0.495 e. The van der Waals surface area contributed by atoms with Crippen LogP contribution >= 0.6 is 0 Å². The lowest BCUT2D eigenvalue weighted by Crippen LogP contribution is -2.31. The van der Waals surface area contributed by atoms with Crippen LogP contribution in [0.25, 0.3) is 0 Å². The van der Waals surface area contributed by atoms with Gasteiger partial charge < -0.3 is 20.7 Å². The maximum Gasteiger partial charge on any atom is 0.228 e. The molecule has 0 radical (unpaired) electrons. The number of rotatable bonds is 4. The van der Waals surface area contributed by atoms with Crippen molar-refractivity contribution in [1.29, 1.82) is 0 Å². The molecule has 0 aromatic heterocycles. The summed E-state index contributed by atoms with van der Waals surface area (Å²) < 4.78 is 5.22. The van der Waals surface area contributed by atoms with Gasteiger partial charge >= 0.3 is 0 Å². The van der Waals surface area contributed by atoms with Crippen LogP contribution in [0, 0.1) is 11.3 Å². The summed E-state index contributed by atoms with van der Waals surface area (Å²) in [6.45, 7) is 3.44. The van der Waals surface area contributed by atoms with Gasteiger partial charge in [0.1, 0.15) is 5.75 Å². The van der Waals surface area contributed by atoms with Crippen molar-refractivity contribution in [1.82, 2.24) is 5.32 Å². The third-order valence-corrected chi connectivity index (χ3v) is 4.88. The topological polar surface area (TPSA) is 79.5 Å². The van der Waals surface area contributed by atoms with Gasteiger partial charge in [0.15, 0.2) is 0 Å². The van der Waals surface area contributed by atoms with Crippen molar-refractivity contribution in [3.05, 3.63) is 18.2 Å². The zero-order valence-electron chi connectivity index (χ0n) is 13.6. The summed E-state index contributed by atoms with van der Waals surface area (Å²) in [5.74, 6) is 0.573. The highest BCUT2D eigenvalue weighted by atomic mass is 16.5. The zero-order valence-corrected chi connectivity index (χ0v) is 13.6. The SMILES string of the molecule is COc1ccc(NC(=O)C2CC23CCNCC3)cc1NC(C)=O. The average Bonchev–Trinajstić information content (AvgIpc) is 3.21. The van der Waals surface area contributed by atoms with E-state index in [2.05, 4.69) is 16.0 Å². The van der Waals surface area contributed by atoms with Gasteiger partial charge in [-0.15, -0.1) is 0 Å². The van der Waals surface area contributed by atoms with Crippen LogP contribution in [0.4, 0.5) is 11.4 Å². The van der Waals surface area contributed by atoms with Crippen LogP contribution in [-0.2, 0) is 9.59 Å². The molecule has 3 rings (SSSR count). The molecule has 2 amide bonds. The van der Waals surface area contributed by atoms with Crippen molar-refractivity contribution >= 4 is 23.2 Å². The maximum atomic E-state index is 12.5. The Hall–Kier alpha value is -2.08. The Balaban J connectivity index is 1.68. The quantitative estimate of drug-likeness (QED) is 0.793. The summed E-state index contributed by atoms with van der Waals surface area (Å²) >= 11 is 0. The molecule has 1 heterocycles. The van der Waals surface area contributed by atoms with Gasteiger partial charge in [-0.2, -0.15) is 0 Å². The molecule has 1 saturated carbocycles. The zero-order chi connectivity index (χ0) is 16.4. The number of hydrogen-bond donors (Lipinski definition) is 3. The van der Waals surface area contributed by atoms with Crippen LogP contribution in [0.3, 0.4) is 0 Å². The predicted molar refractivity (Wildman–Crippen MR) is 88.6 cm³/mol. The number of methoxy groups -OCH3 is 1. The Morgan fingerprint density at radius 3 is 2.65 bits per heavy atom. The van der Waals surface area contributed by atoms with Crippen molar-refractivity contribution in [2.45, 2.75) is 26.2 Å². The number of hydrogen-bond acceptors (Lipinski definition) is 4. The minimum atomic E-state index is -0.178. The van der Waals surface area contributed by atoms with Crippen LogP contribution in [0.15, 0.2) is 18.2 Å². The monoisotopic (exact) mass is 317 g/mol. The lowest BCUT2D eigenvalue weighted by atomic mass is 9.92. The van der Waals surface area contributed by atoms with Gasteiger partial charge in [-0.25, -0.2) is 0 Å². The number of piperidine rings is 1. The molecule has 1 spiro atoms. The number of anilines is 2. The number of carbonyl (C=O) groups excluding carboxylic acids is 2. The number of ether oxygens (including phenoxy) is 1. The van der Waals surface area contributed by atoms with Crippen LogP contribution in [0.1, 0.15) is 26.2 Å². The fraction of sp³-hybridized carbons (Fsp3) is 0.529. The van der Waals surface area contributed by atoms with E-state index < -0.39 is 0 Å². The lowest BCUT2D eigenvalue weighted by molar-refractivity contribution is -0.118. The number of nitrogens with one attached hydrogen (secondary N) is 3. The average molecular weight is 317 g/mol. The first kappa shape index (κ1) is 15.8. The first-order valence-corrected chi connectivity index (χ1v) is 8.01. The molecular weight excluding hydrogens is 294 g/mol. The molecule has 124 valence electrons. The van der Waals surface area contributed by atoms with Gasteiger partial charge in [-0.05, 0) is 56.0 Å². The number of amides is 2. The highest BCUT2D eigenvalue weighted by Crippen LogP contribution is 2.58. The predicted octanol–water partition coefficient (Wildman–Crippen LogP) is 1.98. The highest BCUT2D eigenvalue weighted by Gasteiger charge is 2.57. The number of benzene rings is 1. The van der Waals surface area contributed by atoms with Crippen molar-refractivity contribution < 1.29 is 14.3 Å².